The van der Waals surface area contributed by atoms with Crippen molar-refractivity contribution in [2.45, 2.75) is 64.9 Å². The first-order valence-electron chi connectivity index (χ1n) is 8.34. The first-order chi connectivity index (χ1) is 10.6. The number of halogens is 2. The van der Waals surface area contributed by atoms with E-state index in [0.717, 1.165) is 45.1 Å². The maximum absolute atomic E-state index is 13.8. The standard InChI is InChI=1S/C19H26F2O/c1-3-6-17-12-10-15(13-22-17)7-4-5-8-16-11-9-14(2)18(20)19(16)21/h9-11,17H,3-8,12-13H2,1-2H3. The van der Waals surface area contributed by atoms with Crippen molar-refractivity contribution >= 4 is 0 Å². The summed E-state index contributed by atoms with van der Waals surface area (Å²) in [5, 5.41) is 0. The lowest BCUT2D eigenvalue weighted by atomic mass is 9.99. The lowest BCUT2D eigenvalue weighted by molar-refractivity contribution is 0.0537. The van der Waals surface area contributed by atoms with Gasteiger partial charge in [-0.3, -0.25) is 0 Å². The van der Waals surface area contributed by atoms with Gasteiger partial charge >= 0.3 is 0 Å². The summed E-state index contributed by atoms with van der Waals surface area (Å²) < 4.78 is 33.1. The van der Waals surface area contributed by atoms with E-state index < -0.39 is 11.6 Å². The van der Waals surface area contributed by atoms with Gasteiger partial charge < -0.3 is 4.74 Å². The number of benzene rings is 1. The van der Waals surface area contributed by atoms with E-state index in [0.29, 0.717) is 23.7 Å². The van der Waals surface area contributed by atoms with Crippen LogP contribution >= 0.6 is 0 Å². The van der Waals surface area contributed by atoms with Gasteiger partial charge in [0.2, 0.25) is 0 Å². The second-order valence-electron chi connectivity index (χ2n) is 6.20. The van der Waals surface area contributed by atoms with E-state index in [1.54, 1.807) is 19.1 Å². The van der Waals surface area contributed by atoms with E-state index in [4.69, 9.17) is 4.74 Å². The van der Waals surface area contributed by atoms with Gasteiger partial charge in [-0.05, 0) is 62.1 Å². The molecule has 0 amide bonds. The van der Waals surface area contributed by atoms with E-state index in [-0.39, 0.29) is 0 Å². The summed E-state index contributed by atoms with van der Waals surface area (Å²) in [6, 6.07) is 3.35. The summed E-state index contributed by atoms with van der Waals surface area (Å²) >= 11 is 0. The van der Waals surface area contributed by atoms with E-state index in [1.165, 1.54) is 5.57 Å². The van der Waals surface area contributed by atoms with Gasteiger partial charge in [-0.25, -0.2) is 8.78 Å². The lowest BCUT2D eigenvalue weighted by Gasteiger charge is -2.22. The smallest absolute Gasteiger partial charge is 0.162 e. The zero-order chi connectivity index (χ0) is 15.9. The summed E-state index contributed by atoms with van der Waals surface area (Å²) in [4.78, 5) is 0. The number of rotatable bonds is 7. The van der Waals surface area contributed by atoms with Gasteiger partial charge in [0.25, 0.3) is 0 Å². The van der Waals surface area contributed by atoms with Gasteiger partial charge in [-0.2, -0.15) is 0 Å². The first kappa shape index (κ1) is 17.1. The summed E-state index contributed by atoms with van der Waals surface area (Å²) in [6.07, 6.45) is 9.44. The van der Waals surface area contributed by atoms with E-state index in [9.17, 15) is 8.78 Å². The molecular weight excluding hydrogens is 282 g/mol. The molecule has 22 heavy (non-hydrogen) atoms. The zero-order valence-electron chi connectivity index (χ0n) is 13.6. The fraction of sp³-hybridized carbons (Fsp3) is 0.579. The molecule has 1 atom stereocenters. The summed E-state index contributed by atoms with van der Waals surface area (Å²) in [5.74, 6) is -1.38. The molecule has 0 aliphatic carbocycles. The molecule has 122 valence electrons. The summed E-state index contributed by atoms with van der Waals surface area (Å²) in [6.45, 7) is 4.50. The third kappa shape index (κ3) is 4.64. The second-order valence-corrected chi connectivity index (χ2v) is 6.20. The molecule has 0 saturated heterocycles. The molecule has 2 rings (SSSR count). The first-order valence-corrected chi connectivity index (χ1v) is 8.34. The van der Waals surface area contributed by atoms with Gasteiger partial charge in [0.1, 0.15) is 0 Å². The van der Waals surface area contributed by atoms with Crippen molar-refractivity contribution in [3.8, 4) is 0 Å². The van der Waals surface area contributed by atoms with Crippen LogP contribution in [-0.2, 0) is 11.2 Å². The van der Waals surface area contributed by atoms with Crippen molar-refractivity contribution in [3.63, 3.8) is 0 Å². The van der Waals surface area contributed by atoms with Crippen LogP contribution in [0, 0.1) is 18.6 Å². The van der Waals surface area contributed by atoms with Crippen LogP contribution in [0.3, 0.4) is 0 Å². The van der Waals surface area contributed by atoms with Crippen LogP contribution in [0.25, 0.3) is 0 Å². The predicted molar refractivity (Wildman–Crippen MR) is 86.0 cm³/mol. The fourth-order valence-electron chi connectivity index (χ4n) is 2.89. The highest BCUT2D eigenvalue weighted by molar-refractivity contribution is 5.25. The molecule has 1 aliphatic rings. The Kier molecular flexibility index (Phi) is 6.56. The molecule has 1 heterocycles. The molecule has 0 bridgehead atoms. The number of hydrogen-bond donors (Lipinski definition) is 0. The van der Waals surface area contributed by atoms with Crippen molar-refractivity contribution in [1.82, 2.24) is 0 Å². The molecule has 1 unspecified atom stereocenters. The van der Waals surface area contributed by atoms with Crippen LogP contribution < -0.4 is 0 Å². The Balaban J connectivity index is 1.73. The van der Waals surface area contributed by atoms with Gasteiger partial charge in [0.05, 0.1) is 12.7 Å². The summed E-state index contributed by atoms with van der Waals surface area (Å²) in [5.41, 5.74) is 2.20. The average molecular weight is 308 g/mol. The maximum Gasteiger partial charge on any atom is 0.162 e. The number of hydrogen-bond acceptors (Lipinski definition) is 1. The van der Waals surface area contributed by atoms with E-state index in [1.807, 2.05) is 0 Å². The molecule has 0 N–H and O–H groups in total. The van der Waals surface area contributed by atoms with Crippen molar-refractivity contribution in [1.29, 1.82) is 0 Å². The van der Waals surface area contributed by atoms with Gasteiger partial charge in [-0.1, -0.05) is 31.6 Å². The fourth-order valence-corrected chi connectivity index (χ4v) is 2.89. The van der Waals surface area contributed by atoms with Crippen molar-refractivity contribution in [2.24, 2.45) is 0 Å². The molecule has 3 heteroatoms. The highest BCUT2D eigenvalue weighted by Gasteiger charge is 2.14. The Morgan fingerprint density at radius 2 is 1.91 bits per heavy atom. The SMILES string of the molecule is CCCC1CC=C(CCCCc2ccc(C)c(F)c2F)CO1. The Morgan fingerprint density at radius 3 is 2.59 bits per heavy atom. The van der Waals surface area contributed by atoms with Crippen molar-refractivity contribution in [3.05, 3.63) is 46.5 Å². The van der Waals surface area contributed by atoms with Crippen molar-refractivity contribution in [2.75, 3.05) is 6.61 Å². The third-order valence-corrected chi connectivity index (χ3v) is 4.33. The number of aryl methyl sites for hydroxylation is 2. The van der Waals surface area contributed by atoms with Crippen LogP contribution in [0.2, 0.25) is 0 Å². The van der Waals surface area contributed by atoms with Crippen LogP contribution in [0.5, 0.6) is 0 Å². The van der Waals surface area contributed by atoms with Crippen LogP contribution in [-0.4, -0.2) is 12.7 Å². The molecule has 0 aromatic heterocycles. The predicted octanol–water partition coefficient (Wildman–Crippen LogP) is 5.50. The summed E-state index contributed by atoms with van der Waals surface area (Å²) in [7, 11) is 0. The zero-order valence-corrected chi connectivity index (χ0v) is 13.6. The molecule has 0 spiro atoms. The molecule has 0 fully saturated rings. The molecule has 0 saturated carbocycles. The minimum absolute atomic E-state index is 0.368. The van der Waals surface area contributed by atoms with Gasteiger partial charge in [0.15, 0.2) is 11.6 Å². The number of unbranched alkanes of at least 4 members (excludes halogenated alkanes) is 1. The Bertz CT molecular complexity index is 522. The van der Waals surface area contributed by atoms with E-state index in [2.05, 4.69) is 13.0 Å². The molecule has 1 aliphatic heterocycles. The van der Waals surface area contributed by atoms with Crippen LogP contribution in [0.15, 0.2) is 23.8 Å². The van der Waals surface area contributed by atoms with Gasteiger partial charge in [-0.15, -0.1) is 0 Å². The quantitative estimate of drug-likeness (QED) is 0.477. The maximum atomic E-state index is 13.8. The Morgan fingerprint density at radius 1 is 1.14 bits per heavy atom. The number of ether oxygens (including phenoxy) is 1. The molecule has 0 radical (unpaired) electrons. The highest BCUT2D eigenvalue weighted by atomic mass is 19.2. The Labute approximate surface area is 132 Å². The second kappa shape index (κ2) is 8.42. The van der Waals surface area contributed by atoms with Crippen LogP contribution in [0.4, 0.5) is 8.78 Å². The largest absolute Gasteiger partial charge is 0.374 e. The molecule has 1 nitrogen and oxygen atoms in total. The minimum atomic E-state index is -0.706. The molecule has 1 aromatic carbocycles. The Hall–Kier alpha value is -1.22. The van der Waals surface area contributed by atoms with Crippen molar-refractivity contribution < 1.29 is 13.5 Å². The highest BCUT2D eigenvalue weighted by Crippen LogP contribution is 2.22. The lowest BCUT2D eigenvalue weighted by Crippen LogP contribution is -2.18. The van der Waals surface area contributed by atoms with Crippen LogP contribution in [0.1, 0.15) is 56.6 Å². The molecular formula is C19H26F2O. The third-order valence-electron chi connectivity index (χ3n) is 4.33. The van der Waals surface area contributed by atoms with E-state index >= 15 is 0 Å². The average Bonchev–Trinajstić information content (AvgIpc) is 2.53. The molecule has 1 aromatic rings. The minimum Gasteiger partial charge on any atom is -0.374 e. The topological polar surface area (TPSA) is 9.23 Å². The monoisotopic (exact) mass is 308 g/mol. The normalized spacial score (nSPS) is 18.4. The van der Waals surface area contributed by atoms with Gasteiger partial charge in [0, 0.05) is 0 Å².